The summed E-state index contributed by atoms with van der Waals surface area (Å²) in [6.45, 7) is 9.61. The number of nitrogens with zero attached hydrogens (tertiary/aromatic N) is 1. The topological polar surface area (TPSA) is 15.3 Å². The van der Waals surface area contributed by atoms with Crippen molar-refractivity contribution in [2.75, 3.05) is 13.1 Å². The summed E-state index contributed by atoms with van der Waals surface area (Å²) < 4.78 is 0. The van der Waals surface area contributed by atoms with Crippen LogP contribution in [0.4, 0.5) is 0 Å². The van der Waals surface area contributed by atoms with E-state index >= 15 is 0 Å². The Labute approximate surface area is 114 Å². The van der Waals surface area contributed by atoms with E-state index in [1.54, 1.807) is 0 Å². The summed E-state index contributed by atoms with van der Waals surface area (Å²) in [6.07, 6.45) is 9.73. The van der Waals surface area contributed by atoms with Crippen molar-refractivity contribution in [3.05, 3.63) is 0 Å². The molecule has 0 radical (unpaired) electrons. The Morgan fingerprint density at radius 2 is 2.00 bits per heavy atom. The average Bonchev–Trinajstić information content (AvgIpc) is 2.82. The summed E-state index contributed by atoms with van der Waals surface area (Å²) in [5.74, 6) is 0.975. The average molecular weight is 252 g/mol. The Kier molecular flexibility index (Phi) is 5.50. The molecule has 2 rings (SSSR count). The molecule has 0 aromatic rings. The van der Waals surface area contributed by atoms with Crippen molar-refractivity contribution in [3.8, 4) is 0 Å². The van der Waals surface area contributed by atoms with Crippen LogP contribution in [-0.2, 0) is 0 Å². The second-order valence-corrected chi connectivity index (χ2v) is 6.44. The van der Waals surface area contributed by atoms with E-state index in [9.17, 15) is 0 Å². The molecule has 1 saturated carbocycles. The van der Waals surface area contributed by atoms with Crippen molar-refractivity contribution in [1.82, 2.24) is 10.2 Å². The zero-order chi connectivity index (χ0) is 13.0. The molecule has 106 valence electrons. The van der Waals surface area contributed by atoms with E-state index in [0.717, 1.165) is 24.0 Å². The fourth-order valence-corrected chi connectivity index (χ4v) is 3.98. The highest BCUT2D eigenvalue weighted by atomic mass is 15.2. The first-order valence-corrected chi connectivity index (χ1v) is 8.25. The van der Waals surface area contributed by atoms with E-state index in [2.05, 4.69) is 31.0 Å². The van der Waals surface area contributed by atoms with E-state index < -0.39 is 0 Å². The predicted molar refractivity (Wildman–Crippen MR) is 78.9 cm³/mol. The lowest BCUT2D eigenvalue weighted by molar-refractivity contribution is 0.0904. The molecule has 1 heterocycles. The van der Waals surface area contributed by atoms with Crippen LogP contribution in [0.3, 0.4) is 0 Å². The van der Waals surface area contributed by atoms with Crippen LogP contribution in [0.25, 0.3) is 0 Å². The molecule has 0 aromatic heterocycles. The van der Waals surface area contributed by atoms with E-state index in [1.807, 2.05) is 0 Å². The van der Waals surface area contributed by atoms with Gasteiger partial charge in [-0.3, -0.25) is 4.90 Å². The Morgan fingerprint density at radius 1 is 1.17 bits per heavy atom. The van der Waals surface area contributed by atoms with Crippen LogP contribution >= 0.6 is 0 Å². The summed E-state index contributed by atoms with van der Waals surface area (Å²) in [4.78, 5) is 2.81. The minimum Gasteiger partial charge on any atom is -0.312 e. The lowest BCUT2D eigenvalue weighted by Gasteiger charge is -2.43. The van der Waals surface area contributed by atoms with Crippen molar-refractivity contribution in [1.29, 1.82) is 0 Å². The minimum atomic E-state index is 0.758. The molecule has 4 unspecified atom stereocenters. The minimum absolute atomic E-state index is 0.758. The van der Waals surface area contributed by atoms with Gasteiger partial charge in [-0.05, 0) is 64.5 Å². The van der Waals surface area contributed by atoms with Crippen molar-refractivity contribution in [2.24, 2.45) is 5.92 Å². The van der Waals surface area contributed by atoms with Gasteiger partial charge in [0.2, 0.25) is 0 Å². The summed E-state index contributed by atoms with van der Waals surface area (Å²) in [5, 5.41) is 3.82. The third kappa shape index (κ3) is 3.27. The molecule has 2 fully saturated rings. The van der Waals surface area contributed by atoms with Gasteiger partial charge in [0, 0.05) is 18.1 Å². The highest BCUT2D eigenvalue weighted by molar-refractivity contribution is 4.94. The first-order chi connectivity index (χ1) is 8.76. The van der Waals surface area contributed by atoms with E-state index in [-0.39, 0.29) is 0 Å². The number of hydrogen-bond acceptors (Lipinski definition) is 2. The molecule has 0 amide bonds. The molecule has 2 aliphatic rings. The van der Waals surface area contributed by atoms with E-state index in [1.165, 1.54) is 58.0 Å². The van der Waals surface area contributed by atoms with Crippen molar-refractivity contribution < 1.29 is 0 Å². The van der Waals surface area contributed by atoms with Gasteiger partial charge in [0.1, 0.15) is 0 Å². The first-order valence-electron chi connectivity index (χ1n) is 8.25. The van der Waals surface area contributed by atoms with E-state index in [0.29, 0.717) is 0 Å². The van der Waals surface area contributed by atoms with Gasteiger partial charge in [-0.25, -0.2) is 0 Å². The molecule has 1 aliphatic carbocycles. The third-order valence-electron chi connectivity index (χ3n) is 5.19. The van der Waals surface area contributed by atoms with E-state index in [4.69, 9.17) is 0 Å². The van der Waals surface area contributed by atoms with Crippen LogP contribution in [0.5, 0.6) is 0 Å². The number of likely N-dealkylation sites (tertiary alicyclic amines) is 1. The second-order valence-electron chi connectivity index (χ2n) is 6.44. The molecular weight excluding hydrogens is 220 g/mol. The van der Waals surface area contributed by atoms with Gasteiger partial charge >= 0.3 is 0 Å². The fourth-order valence-electron chi connectivity index (χ4n) is 3.98. The first kappa shape index (κ1) is 14.3. The van der Waals surface area contributed by atoms with Crippen LogP contribution in [0.1, 0.15) is 65.7 Å². The van der Waals surface area contributed by atoms with Crippen molar-refractivity contribution in [2.45, 2.75) is 83.8 Å². The van der Waals surface area contributed by atoms with Gasteiger partial charge in [-0.1, -0.05) is 20.3 Å². The van der Waals surface area contributed by atoms with Gasteiger partial charge in [-0.15, -0.1) is 0 Å². The van der Waals surface area contributed by atoms with Crippen LogP contribution in [0.2, 0.25) is 0 Å². The van der Waals surface area contributed by atoms with Crippen LogP contribution < -0.4 is 5.32 Å². The SMILES string of the molecule is CCCNC1CCC(CC)CC1N1CCCC1C. The lowest BCUT2D eigenvalue weighted by atomic mass is 9.80. The summed E-state index contributed by atoms with van der Waals surface area (Å²) in [6, 6.07) is 2.39. The van der Waals surface area contributed by atoms with Gasteiger partial charge in [0.15, 0.2) is 0 Å². The molecule has 4 atom stereocenters. The maximum atomic E-state index is 3.82. The second kappa shape index (κ2) is 6.91. The zero-order valence-electron chi connectivity index (χ0n) is 12.6. The molecule has 1 saturated heterocycles. The maximum Gasteiger partial charge on any atom is 0.0254 e. The normalized spacial score (nSPS) is 38.2. The largest absolute Gasteiger partial charge is 0.312 e. The molecule has 1 aliphatic heterocycles. The fraction of sp³-hybridized carbons (Fsp3) is 1.00. The monoisotopic (exact) mass is 252 g/mol. The van der Waals surface area contributed by atoms with Crippen molar-refractivity contribution >= 4 is 0 Å². The molecule has 1 N–H and O–H groups in total. The Balaban J connectivity index is 1.98. The summed E-state index contributed by atoms with van der Waals surface area (Å²) >= 11 is 0. The van der Waals surface area contributed by atoms with Crippen LogP contribution in [0, 0.1) is 5.92 Å². The Hall–Kier alpha value is -0.0800. The maximum absolute atomic E-state index is 3.82. The molecular formula is C16H32N2. The van der Waals surface area contributed by atoms with Crippen molar-refractivity contribution in [3.63, 3.8) is 0 Å². The van der Waals surface area contributed by atoms with Gasteiger partial charge < -0.3 is 5.32 Å². The summed E-state index contributed by atoms with van der Waals surface area (Å²) in [5.41, 5.74) is 0. The highest BCUT2D eigenvalue weighted by Gasteiger charge is 2.36. The van der Waals surface area contributed by atoms with Crippen LogP contribution in [-0.4, -0.2) is 36.1 Å². The molecule has 0 spiro atoms. The smallest absolute Gasteiger partial charge is 0.0254 e. The molecule has 0 bridgehead atoms. The molecule has 0 aromatic carbocycles. The lowest BCUT2D eigenvalue weighted by Crippen LogP contribution is -2.54. The number of rotatable bonds is 5. The highest BCUT2D eigenvalue weighted by Crippen LogP contribution is 2.33. The Morgan fingerprint density at radius 3 is 2.61 bits per heavy atom. The Bertz CT molecular complexity index is 241. The molecule has 18 heavy (non-hydrogen) atoms. The molecule has 2 heteroatoms. The zero-order valence-corrected chi connectivity index (χ0v) is 12.6. The predicted octanol–water partition coefficient (Wildman–Crippen LogP) is 3.42. The standard InChI is InChI=1S/C16H32N2/c1-4-10-17-15-9-8-14(5-2)12-16(15)18-11-6-7-13(18)3/h13-17H,4-12H2,1-3H3. The van der Waals surface area contributed by atoms with Crippen LogP contribution in [0.15, 0.2) is 0 Å². The quantitative estimate of drug-likeness (QED) is 0.806. The van der Waals surface area contributed by atoms with Gasteiger partial charge in [0.05, 0.1) is 0 Å². The number of hydrogen-bond donors (Lipinski definition) is 1. The van der Waals surface area contributed by atoms with Gasteiger partial charge in [-0.2, -0.15) is 0 Å². The summed E-state index contributed by atoms with van der Waals surface area (Å²) in [7, 11) is 0. The third-order valence-corrected chi connectivity index (χ3v) is 5.19. The molecule has 2 nitrogen and oxygen atoms in total. The number of nitrogens with one attached hydrogen (secondary N) is 1. The van der Waals surface area contributed by atoms with Gasteiger partial charge in [0.25, 0.3) is 0 Å².